The molecular formula is C9H10Br2O6S2. The van der Waals surface area contributed by atoms with Crippen LogP contribution in [-0.4, -0.2) is 36.8 Å². The van der Waals surface area contributed by atoms with Crippen LogP contribution in [0.1, 0.15) is 0 Å². The lowest BCUT2D eigenvalue weighted by Gasteiger charge is -2.07. The first-order valence-corrected chi connectivity index (χ1v) is 9.82. The van der Waals surface area contributed by atoms with E-state index in [1.54, 1.807) is 0 Å². The van der Waals surface area contributed by atoms with Crippen LogP contribution in [0.5, 0.6) is 5.75 Å². The van der Waals surface area contributed by atoms with Gasteiger partial charge in [0.1, 0.15) is 18.1 Å². The first-order chi connectivity index (χ1) is 8.63. The van der Waals surface area contributed by atoms with Crippen molar-refractivity contribution >= 4 is 51.8 Å². The van der Waals surface area contributed by atoms with E-state index in [2.05, 4.69) is 31.9 Å². The minimum atomic E-state index is -4.07. The van der Waals surface area contributed by atoms with Gasteiger partial charge in [-0.15, -0.1) is 0 Å². The fourth-order valence-electron chi connectivity index (χ4n) is 1.09. The third kappa shape index (κ3) is 5.38. The van der Waals surface area contributed by atoms with Crippen LogP contribution in [-0.2, 0) is 20.0 Å². The molecule has 0 heterocycles. The fraction of sp³-hybridized carbons (Fsp3) is 0.333. The summed E-state index contributed by atoms with van der Waals surface area (Å²) in [6.45, 7) is -0.218. The number of hydrogen-bond acceptors (Lipinski definition) is 5. The van der Waals surface area contributed by atoms with Crippen molar-refractivity contribution in [3.8, 4) is 5.75 Å². The molecule has 10 heteroatoms. The predicted octanol–water partition coefficient (Wildman–Crippen LogP) is 1.80. The van der Waals surface area contributed by atoms with Crippen molar-refractivity contribution < 1.29 is 26.1 Å². The zero-order valence-electron chi connectivity index (χ0n) is 9.36. The van der Waals surface area contributed by atoms with Gasteiger partial charge in [0.25, 0.3) is 10.1 Å². The second kappa shape index (κ2) is 6.53. The summed E-state index contributed by atoms with van der Waals surface area (Å²) in [7, 11) is -7.57. The van der Waals surface area contributed by atoms with Gasteiger partial charge in [0.15, 0.2) is 3.07 Å². The smallest absolute Gasteiger partial charge is 0.268 e. The zero-order chi connectivity index (χ0) is 14.7. The normalized spacial score (nSPS) is 12.6. The Bertz CT molecular complexity index is 621. The van der Waals surface area contributed by atoms with E-state index < -0.39 is 28.8 Å². The van der Waals surface area contributed by atoms with Gasteiger partial charge in [-0.25, -0.2) is 8.42 Å². The zero-order valence-corrected chi connectivity index (χ0v) is 14.2. The van der Waals surface area contributed by atoms with Crippen molar-refractivity contribution in [3.63, 3.8) is 0 Å². The van der Waals surface area contributed by atoms with Gasteiger partial charge in [0.05, 0.1) is 4.90 Å². The second-order valence-electron chi connectivity index (χ2n) is 3.41. The lowest BCUT2D eigenvalue weighted by molar-refractivity contribution is 0.335. The Labute approximate surface area is 128 Å². The van der Waals surface area contributed by atoms with Crippen LogP contribution in [0.2, 0.25) is 0 Å². The van der Waals surface area contributed by atoms with Gasteiger partial charge in [-0.05, 0) is 24.3 Å². The molecule has 0 aromatic heterocycles. The summed E-state index contributed by atoms with van der Waals surface area (Å²) >= 11 is 5.84. The van der Waals surface area contributed by atoms with E-state index in [1.807, 2.05) is 0 Å². The SMILES string of the molecule is O=S(=O)(O)CCOc1ccc(S(=O)(=O)C(Br)Br)cc1. The summed E-state index contributed by atoms with van der Waals surface area (Å²) in [4.78, 5) is 0.0911. The Morgan fingerprint density at radius 2 is 1.63 bits per heavy atom. The van der Waals surface area contributed by atoms with Crippen LogP contribution in [0.3, 0.4) is 0 Å². The molecular weight excluding hydrogens is 428 g/mol. The summed E-state index contributed by atoms with van der Waals surface area (Å²) in [6.07, 6.45) is 0. The summed E-state index contributed by atoms with van der Waals surface area (Å²) in [6, 6.07) is 5.49. The highest BCUT2D eigenvalue weighted by molar-refractivity contribution is 9.27. The number of hydrogen-bond donors (Lipinski definition) is 1. The molecule has 0 bridgehead atoms. The predicted molar refractivity (Wildman–Crippen MR) is 77.2 cm³/mol. The quantitative estimate of drug-likeness (QED) is 0.538. The maximum atomic E-state index is 11.7. The van der Waals surface area contributed by atoms with Crippen LogP contribution >= 0.6 is 31.9 Å². The average Bonchev–Trinajstić information content (AvgIpc) is 2.27. The number of sulfone groups is 1. The van der Waals surface area contributed by atoms with Crippen molar-refractivity contribution in [1.29, 1.82) is 0 Å². The highest BCUT2D eigenvalue weighted by Crippen LogP contribution is 2.26. The Morgan fingerprint density at radius 3 is 2.05 bits per heavy atom. The average molecular weight is 438 g/mol. The molecule has 0 radical (unpaired) electrons. The van der Waals surface area contributed by atoms with Gasteiger partial charge in [-0.1, -0.05) is 31.9 Å². The molecule has 0 amide bonds. The highest BCUT2D eigenvalue weighted by atomic mass is 79.9. The molecule has 1 aromatic rings. The van der Waals surface area contributed by atoms with Crippen molar-refractivity contribution in [2.24, 2.45) is 0 Å². The molecule has 0 saturated heterocycles. The lowest BCUT2D eigenvalue weighted by Crippen LogP contribution is -2.12. The Morgan fingerprint density at radius 1 is 1.11 bits per heavy atom. The van der Waals surface area contributed by atoms with E-state index in [9.17, 15) is 16.8 Å². The largest absolute Gasteiger partial charge is 0.492 e. The standard InChI is InChI=1S/C9H10Br2O6S2/c10-9(11)19(15,16)8-3-1-7(2-4-8)17-5-6-18(12,13)14/h1-4,9H,5-6H2,(H,12,13,14). The molecule has 0 unspecified atom stereocenters. The first kappa shape index (κ1) is 16.9. The minimum Gasteiger partial charge on any atom is -0.492 e. The van der Waals surface area contributed by atoms with Crippen LogP contribution in [0.25, 0.3) is 0 Å². The Balaban J connectivity index is 2.73. The van der Waals surface area contributed by atoms with E-state index in [4.69, 9.17) is 9.29 Å². The molecule has 0 spiro atoms. The van der Waals surface area contributed by atoms with E-state index in [-0.39, 0.29) is 11.5 Å². The summed E-state index contributed by atoms with van der Waals surface area (Å²) in [5.41, 5.74) is 0. The van der Waals surface area contributed by atoms with E-state index in [0.29, 0.717) is 5.75 Å². The van der Waals surface area contributed by atoms with Crippen LogP contribution < -0.4 is 4.74 Å². The molecule has 0 atom stereocenters. The molecule has 0 aliphatic rings. The number of alkyl halides is 2. The maximum Gasteiger partial charge on any atom is 0.268 e. The highest BCUT2D eigenvalue weighted by Gasteiger charge is 2.21. The van der Waals surface area contributed by atoms with Gasteiger partial charge in [0.2, 0.25) is 9.84 Å². The molecule has 1 rings (SSSR count). The van der Waals surface area contributed by atoms with Gasteiger partial charge in [-0.3, -0.25) is 4.55 Å². The molecule has 108 valence electrons. The number of halogens is 2. The lowest BCUT2D eigenvalue weighted by atomic mass is 10.3. The molecule has 0 fully saturated rings. The molecule has 0 saturated carbocycles. The third-order valence-electron chi connectivity index (χ3n) is 2.00. The topological polar surface area (TPSA) is 97.7 Å². The van der Waals surface area contributed by atoms with Crippen LogP contribution in [0.15, 0.2) is 29.2 Å². The van der Waals surface area contributed by atoms with Gasteiger partial charge in [0, 0.05) is 0 Å². The van der Waals surface area contributed by atoms with Crippen LogP contribution in [0.4, 0.5) is 0 Å². The molecule has 19 heavy (non-hydrogen) atoms. The van der Waals surface area contributed by atoms with Crippen molar-refractivity contribution in [1.82, 2.24) is 0 Å². The number of rotatable bonds is 6. The molecule has 0 aliphatic carbocycles. The summed E-state index contributed by atoms with van der Waals surface area (Å²) < 4.78 is 57.1. The number of ether oxygens (including phenoxy) is 1. The molecule has 1 aromatic carbocycles. The third-order valence-corrected chi connectivity index (χ3v) is 7.03. The summed E-state index contributed by atoms with van der Waals surface area (Å²) in [5, 5.41) is 0. The summed E-state index contributed by atoms with van der Waals surface area (Å²) in [5.74, 6) is -0.221. The van der Waals surface area contributed by atoms with Crippen molar-refractivity contribution in [2.45, 2.75) is 7.96 Å². The Hall–Kier alpha value is -0.160. The number of benzene rings is 1. The van der Waals surface area contributed by atoms with Crippen molar-refractivity contribution in [3.05, 3.63) is 24.3 Å². The van der Waals surface area contributed by atoms with Gasteiger partial charge < -0.3 is 4.74 Å². The van der Waals surface area contributed by atoms with E-state index in [0.717, 1.165) is 0 Å². The molecule has 6 nitrogen and oxygen atoms in total. The fourth-order valence-corrected chi connectivity index (χ4v) is 3.40. The van der Waals surface area contributed by atoms with Crippen molar-refractivity contribution in [2.75, 3.05) is 12.4 Å². The van der Waals surface area contributed by atoms with E-state index >= 15 is 0 Å². The van der Waals surface area contributed by atoms with E-state index in [1.165, 1.54) is 24.3 Å². The second-order valence-corrected chi connectivity index (χ2v) is 11.3. The van der Waals surface area contributed by atoms with Gasteiger partial charge in [-0.2, -0.15) is 8.42 Å². The van der Waals surface area contributed by atoms with Gasteiger partial charge >= 0.3 is 0 Å². The monoisotopic (exact) mass is 436 g/mol. The minimum absolute atomic E-state index is 0.0911. The maximum absolute atomic E-state index is 11.7. The molecule has 0 aliphatic heterocycles. The first-order valence-electron chi connectivity index (χ1n) is 4.83. The Kier molecular flexibility index (Phi) is 5.80. The molecule has 1 N–H and O–H groups in total. The van der Waals surface area contributed by atoms with Crippen LogP contribution in [0, 0.1) is 0 Å².